The van der Waals surface area contributed by atoms with Gasteiger partial charge in [0, 0.05) is 20.2 Å². The van der Waals surface area contributed by atoms with E-state index in [0.717, 1.165) is 20.9 Å². The molecule has 0 bridgehead atoms. The van der Waals surface area contributed by atoms with Crippen molar-refractivity contribution in [2.45, 2.75) is 0 Å². The zero-order valence-corrected chi connectivity index (χ0v) is 27.4. The van der Waals surface area contributed by atoms with E-state index >= 15 is 0 Å². The number of benzene rings is 9. The third kappa shape index (κ3) is 4.58. The molecular weight excluding hydrogens is 609 g/mol. The topological polar surface area (TPSA) is 0 Å². The standard InChI is InChI=1S/C48H30S/c1-2-11-36-30-37(29-22-31(36)10-1)32-20-25-34(26-21-32)46-39-12-3-5-14-41(39)47(42-15-6-4-13-40(42)46)35-27-23-33(24-28-35)38-17-9-19-45-48(38)43-16-7-8-18-44(43)49-45/h1-30H/i1D,18D. The Morgan fingerprint density at radius 2 is 0.939 bits per heavy atom. The van der Waals surface area contributed by atoms with Crippen LogP contribution < -0.4 is 0 Å². The summed E-state index contributed by atoms with van der Waals surface area (Å²) < 4.78 is 18.7. The molecule has 10 aromatic rings. The van der Waals surface area contributed by atoms with Crippen LogP contribution in [-0.2, 0) is 0 Å². The second kappa shape index (κ2) is 11.3. The highest BCUT2D eigenvalue weighted by Gasteiger charge is 2.17. The lowest BCUT2D eigenvalue weighted by Crippen LogP contribution is -1.91. The number of fused-ring (bicyclic) bond motifs is 6. The molecule has 0 unspecified atom stereocenters. The molecule has 0 atom stereocenters. The molecule has 0 radical (unpaired) electrons. The Bertz CT molecular complexity index is 2910. The van der Waals surface area contributed by atoms with E-state index in [1.54, 1.807) is 11.3 Å². The van der Waals surface area contributed by atoms with Crippen LogP contribution in [0, 0.1) is 0 Å². The molecule has 1 heteroatoms. The van der Waals surface area contributed by atoms with Gasteiger partial charge in [0.25, 0.3) is 0 Å². The molecule has 0 aliphatic carbocycles. The van der Waals surface area contributed by atoms with E-state index in [1.165, 1.54) is 76.1 Å². The van der Waals surface area contributed by atoms with Crippen LogP contribution in [0.15, 0.2) is 182 Å². The van der Waals surface area contributed by atoms with Crippen molar-refractivity contribution in [1.82, 2.24) is 0 Å². The van der Waals surface area contributed by atoms with Gasteiger partial charge in [-0.25, -0.2) is 0 Å². The van der Waals surface area contributed by atoms with Gasteiger partial charge >= 0.3 is 0 Å². The highest BCUT2D eigenvalue weighted by atomic mass is 32.1. The van der Waals surface area contributed by atoms with Crippen molar-refractivity contribution in [2.24, 2.45) is 0 Å². The fourth-order valence-electron chi connectivity index (χ4n) is 7.65. The van der Waals surface area contributed by atoms with E-state index in [2.05, 4.69) is 140 Å². The lowest BCUT2D eigenvalue weighted by Gasteiger charge is -2.18. The minimum absolute atomic E-state index is 0.535. The van der Waals surface area contributed by atoms with Gasteiger partial charge in [0.15, 0.2) is 0 Å². The van der Waals surface area contributed by atoms with Gasteiger partial charge in [-0.05, 0) is 95.0 Å². The Kier molecular flexibility index (Phi) is 6.00. The Hall–Kier alpha value is -6.02. The molecule has 228 valence electrons. The fraction of sp³-hybridized carbons (Fsp3) is 0. The summed E-state index contributed by atoms with van der Waals surface area (Å²) in [6, 6.07) is 61.6. The number of thiophene rings is 1. The molecule has 0 aliphatic heterocycles. The normalized spacial score (nSPS) is 12.2. The molecule has 0 saturated heterocycles. The second-order valence-electron chi connectivity index (χ2n) is 12.7. The summed E-state index contributed by atoms with van der Waals surface area (Å²) in [7, 11) is 0. The van der Waals surface area contributed by atoms with E-state index in [4.69, 9.17) is 2.74 Å². The van der Waals surface area contributed by atoms with Gasteiger partial charge in [-0.3, -0.25) is 0 Å². The summed E-state index contributed by atoms with van der Waals surface area (Å²) in [6.45, 7) is 0. The van der Waals surface area contributed by atoms with E-state index in [1.807, 2.05) is 30.3 Å². The SMILES string of the molecule is [2H]c1ccc2cc(-c3ccc(-c4c5ccccc5c(-c5ccc(-c6cccc7sc8c([2H])cccc8c67)cc5)c5ccccc45)cc3)ccc2c1. The smallest absolute Gasteiger partial charge is 0.0638 e. The maximum absolute atomic E-state index is 8.48. The quantitative estimate of drug-likeness (QED) is 0.168. The predicted octanol–water partition coefficient (Wildman–Crippen LogP) is 14.2. The molecule has 9 aromatic carbocycles. The summed E-state index contributed by atoms with van der Waals surface area (Å²) in [5.74, 6) is 0. The summed E-state index contributed by atoms with van der Waals surface area (Å²) in [6.07, 6.45) is 0. The molecule has 1 aromatic heterocycles. The number of hydrogen-bond acceptors (Lipinski definition) is 1. The monoisotopic (exact) mass is 640 g/mol. The summed E-state index contributed by atoms with van der Waals surface area (Å²) in [4.78, 5) is 0. The van der Waals surface area contributed by atoms with Crippen molar-refractivity contribution < 1.29 is 2.74 Å². The first-order valence-corrected chi connectivity index (χ1v) is 17.5. The van der Waals surface area contributed by atoms with Crippen molar-refractivity contribution >= 4 is 63.8 Å². The minimum atomic E-state index is 0.535. The number of rotatable bonds is 4. The first kappa shape index (κ1) is 26.0. The summed E-state index contributed by atoms with van der Waals surface area (Å²) in [5, 5.41) is 9.57. The van der Waals surface area contributed by atoms with Crippen molar-refractivity contribution in [3.8, 4) is 44.5 Å². The Morgan fingerprint density at radius 1 is 0.367 bits per heavy atom. The molecule has 0 saturated carbocycles. The largest absolute Gasteiger partial charge is 0.135 e. The Morgan fingerprint density at radius 3 is 1.61 bits per heavy atom. The predicted molar refractivity (Wildman–Crippen MR) is 214 cm³/mol. The van der Waals surface area contributed by atoms with E-state index in [9.17, 15) is 0 Å². The van der Waals surface area contributed by atoms with Crippen molar-refractivity contribution in [3.05, 3.63) is 182 Å². The van der Waals surface area contributed by atoms with Crippen LogP contribution in [0.4, 0.5) is 0 Å². The lowest BCUT2D eigenvalue weighted by atomic mass is 9.85. The van der Waals surface area contributed by atoms with Gasteiger partial charge < -0.3 is 0 Å². The van der Waals surface area contributed by atoms with Crippen LogP contribution >= 0.6 is 11.3 Å². The molecule has 10 rings (SSSR count). The second-order valence-corrected chi connectivity index (χ2v) is 13.7. The maximum Gasteiger partial charge on any atom is 0.0638 e. The van der Waals surface area contributed by atoms with Crippen molar-refractivity contribution in [1.29, 1.82) is 0 Å². The first-order chi connectivity index (χ1) is 25.1. The van der Waals surface area contributed by atoms with Gasteiger partial charge in [-0.2, -0.15) is 0 Å². The Labute approximate surface area is 292 Å². The average molecular weight is 641 g/mol. The van der Waals surface area contributed by atoms with Gasteiger partial charge in [0.1, 0.15) is 0 Å². The van der Waals surface area contributed by atoms with Crippen LogP contribution in [0.3, 0.4) is 0 Å². The molecule has 0 fully saturated rings. The van der Waals surface area contributed by atoms with E-state index < -0.39 is 0 Å². The molecule has 0 amide bonds. The molecule has 0 aliphatic rings. The average Bonchev–Trinajstić information content (AvgIpc) is 3.57. The van der Waals surface area contributed by atoms with Crippen LogP contribution in [-0.4, -0.2) is 0 Å². The van der Waals surface area contributed by atoms with Gasteiger partial charge in [0.05, 0.1) is 2.74 Å². The molecule has 0 spiro atoms. The molecule has 1 heterocycles. The molecule has 49 heavy (non-hydrogen) atoms. The van der Waals surface area contributed by atoms with Crippen molar-refractivity contribution in [3.63, 3.8) is 0 Å². The van der Waals surface area contributed by atoms with Crippen LogP contribution in [0.2, 0.25) is 0 Å². The van der Waals surface area contributed by atoms with Crippen LogP contribution in [0.5, 0.6) is 0 Å². The molecule has 0 N–H and O–H groups in total. The maximum atomic E-state index is 8.48. The van der Waals surface area contributed by atoms with E-state index in [0.29, 0.717) is 12.1 Å². The third-order valence-electron chi connectivity index (χ3n) is 9.93. The van der Waals surface area contributed by atoms with Gasteiger partial charge in [-0.1, -0.05) is 164 Å². The van der Waals surface area contributed by atoms with Gasteiger partial charge in [-0.15, -0.1) is 11.3 Å². The van der Waals surface area contributed by atoms with Crippen molar-refractivity contribution in [2.75, 3.05) is 0 Å². The lowest BCUT2D eigenvalue weighted by molar-refractivity contribution is 1.62. The van der Waals surface area contributed by atoms with Gasteiger partial charge in [0.2, 0.25) is 0 Å². The zero-order valence-electron chi connectivity index (χ0n) is 28.6. The Balaban J connectivity index is 1.09. The third-order valence-corrected chi connectivity index (χ3v) is 11.0. The first-order valence-electron chi connectivity index (χ1n) is 17.7. The minimum Gasteiger partial charge on any atom is -0.135 e. The van der Waals surface area contributed by atoms with E-state index in [-0.39, 0.29) is 0 Å². The van der Waals surface area contributed by atoms with Crippen LogP contribution in [0.1, 0.15) is 2.74 Å². The number of hydrogen-bond donors (Lipinski definition) is 0. The molecule has 0 nitrogen and oxygen atoms in total. The van der Waals surface area contributed by atoms with Crippen LogP contribution in [0.25, 0.3) is 97.0 Å². The molecular formula is C48H30S. The fourth-order valence-corrected chi connectivity index (χ4v) is 8.75. The summed E-state index contributed by atoms with van der Waals surface area (Å²) >= 11 is 1.71. The highest BCUT2D eigenvalue weighted by Crippen LogP contribution is 2.45. The zero-order chi connectivity index (χ0) is 34.1. The summed E-state index contributed by atoms with van der Waals surface area (Å²) in [5.41, 5.74) is 9.61. The highest BCUT2D eigenvalue weighted by molar-refractivity contribution is 7.25.